The van der Waals surface area contributed by atoms with Crippen molar-refractivity contribution < 1.29 is 8.42 Å². The lowest BCUT2D eigenvalue weighted by atomic mass is 10.1. The molecule has 0 N–H and O–H groups in total. The molecular weight excluding hydrogens is 376 g/mol. The van der Waals surface area contributed by atoms with Gasteiger partial charge in [0.2, 0.25) is 5.43 Å². The largest absolute Gasteiger partial charge is 0.288 e. The molecule has 2 aromatic carbocycles. The fourth-order valence-corrected chi connectivity index (χ4v) is 3.74. The van der Waals surface area contributed by atoms with Gasteiger partial charge in [-0.05, 0) is 36.4 Å². The molecule has 1 aliphatic heterocycles. The lowest BCUT2D eigenvalue weighted by molar-refractivity contribution is 0.602. The Morgan fingerprint density at radius 3 is 2.36 bits per heavy atom. The van der Waals surface area contributed by atoms with Crippen LogP contribution in [0.3, 0.4) is 0 Å². The first-order valence-electron chi connectivity index (χ1n) is 8.70. The van der Waals surface area contributed by atoms with Crippen LogP contribution in [0.4, 0.5) is 5.69 Å². The van der Waals surface area contributed by atoms with Gasteiger partial charge in [0.1, 0.15) is 11.7 Å². The van der Waals surface area contributed by atoms with Gasteiger partial charge in [0.25, 0.3) is 0 Å². The predicted octanol–water partition coefficient (Wildman–Crippen LogP) is 2.57. The van der Waals surface area contributed by atoms with Gasteiger partial charge in [-0.1, -0.05) is 18.2 Å². The highest BCUT2D eigenvalue weighted by molar-refractivity contribution is 7.90. The number of hydrogen-bond acceptors (Lipinski definition) is 6. The normalized spacial score (nSPS) is 16.5. The Labute approximate surface area is 162 Å². The number of sulfone groups is 1. The molecule has 2 heterocycles. The average Bonchev–Trinajstić information content (AvgIpc) is 3.18. The van der Waals surface area contributed by atoms with E-state index < -0.39 is 9.84 Å². The summed E-state index contributed by atoms with van der Waals surface area (Å²) in [6.45, 7) is 0. The number of nitrogens with zero attached hydrogens (tertiary/aromatic N) is 4. The van der Waals surface area contributed by atoms with E-state index in [0.29, 0.717) is 17.8 Å². The van der Waals surface area contributed by atoms with Crippen molar-refractivity contribution in [1.29, 1.82) is 0 Å². The number of para-hydroxylation sites is 1. The molecule has 0 bridgehead atoms. The van der Waals surface area contributed by atoms with E-state index in [9.17, 15) is 13.2 Å². The van der Waals surface area contributed by atoms with E-state index in [2.05, 4.69) is 10.2 Å². The van der Waals surface area contributed by atoms with Gasteiger partial charge in [-0.2, -0.15) is 10.2 Å². The molecule has 1 aromatic heterocycles. The van der Waals surface area contributed by atoms with E-state index in [1.165, 1.54) is 18.2 Å². The predicted molar refractivity (Wildman–Crippen MR) is 108 cm³/mol. The second kappa shape index (κ2) is 7.05. The van der Waals surface area contributed by atoms with Gasteiger partial charge >= 0.3 is 0 Å². The van der Waals surface area contributed by atoms with E-state index in [0.717, 1.165) is 11.9 Å². The molecule has 1 unspecified atom stereocenters. The van der Waals surface area contributed by atoms with Gasteiger partial charge in [-0.15, -0.1) is 0 Å². The summed E-state index contributed by atoms with van der Waals surface area (Å²) >= 11 is 0. The highest BCUT2D eigenvalue weighted by Crippen LogP contribution is 2.30. The molecule has 0 amide bonds. The number of hydrazone groups is 1. The van der Waals surface area contributed by atoms with Crippen LogP contribution in [0.25, 0.3) is 5.69 Å². The number of anilines is 1. The highest BCUT2D eigenvalue weighted by Gasteiger charge is 2.28. The first-order valence-corrected chi connectivity index (χ1v) is 10.6. The molecule has 0 saturated carbocycles. The molecule has 28 heavy (non-hydrogen) atoms. The smallest absolute Gasteiger partial charge is 0.205 e. The van der Waals surface area contributed by atoms with E-state index >= 15 is 0 Å². The standard InChI is InChI=1S/C20H18N4O3S/c1-28(26,27)17-9-7-15(8-10-17)23-14-12-19(25)20(22-23)18-11-13-21-24(18)16-5-3-2-4-6-16/h2-10,12-14,18H,11H2,1H3. The molecule has 7 nitrogen and oxygen atoms in total. The van der Waals surface area contributed by atoms with Crippen LogP contribution in [0.5, 0.6) is 0 Å². The van der Waals surface area contributed by atoms with E-state index in [-0.39, 0.29) is 16.4 Å². The van der Waals surface area contributed by atoms with Crippen molar-refractivity contribution in [3.05, 3.63) is 82.8 Å². The van der Waals surface area contributed by atoms with Gasteiger partial charge in [-0.25, -0.2) is 13.1 Å². The monoisotopic (exact) mass is 394 g/mol. The summed E-state index contributed by atoms with van der Waals surface area (Å²) in [5.74, 6) is 0. The second-order valence-electron chi connectivity index (χ2n) is 6.51. The van der Waals surface area contributed by atoms with Gasteiger partial charge in [0.05, 0.1) is 16.3 Å². The molecule has 0 aliphatic carbocycles. The van der Waals surface area contributed by atoms with Crippen LogP contribution in [0.15, 0.2) is 81.7 Å². The molecule has 142 valence electrons. The molecule has 0 spiro atoms. The summed E-state index contributed by atoms with van der Waals surface area (Å²) in [7, 11) is -3.27. The van der Waals surface area contributed by atoms with Crippen molar-refractivity contribution >= 4 is 21.7 Å². The minimum atomic E-state index is -3.27. The summed E-state index contributed by atoms with van der Waals surface area (Å²) in [6.07, 6.45) is 5.09. The lowest BCUT2D eigenvalue weighted by Crippen LogP contribution is -2.27. The zero-order chi connectivity index (χ0) is 19.7. The van der Waals surface area contributed by atoms with Crippen LogP contribution < -0.4 is 10.4 Å². The quantitative estimate of drug-likeness (QED) is 0.679. The van der Waals surface area contributed by atoms with E-state index in [1.54, 1.807) is 34.2 Å². The fourth-order valence-electron chi connectivity index (χ4n) is 3.11. The minimum absolute atomic E-state index is 0.166. The maximum absolute atomic E-state index is 12.5. The van der Waals surface area contributed by atoms with Crippen molar-refractivity contribution in [2.24, 2.45) is 5.10 Å². The van der Waals surface area contributed by atoms with Crippen molar-refractivity contribution in [2.75, 3.05) is 11.3 Å². The van der Waals surface area contributed by atoms with Crippen LogP contribution in [0.2, 0.25) is 0 Å². The van der Waals surface area contributed by atoms with Crippen molar-refractivity contribution in [2.45, 2.75) is 17.4 Å². The van der Waals surface area contributed by atoms with Crippen molar-refractivity contribution in [1.82, 2.24) is 9.78 Å². The SMILES string of the molecule is CS(=O)(=O)c1ccc(-n2ccc(=O)c(C3CC=NN3c3ccccc3)n2)cc1. The van der Waals surface area contributed by atoms with Crippen molar-refractivity contribution in [3.8, 4) is 5.69 Å². The molecule has 0 fully saturated rings. The van der Waals surface area contributed by atoms with Crippen LogP contribution in [-0.2, 0) is 9.84 Å². The lowest BCUT2D eigenvalue weighted by Gasteiger charge is -2.23. The molecule has 3 aromatic rings. The molecule has 8 heteroatoms. The number of benzene rings is 2. The Kier molecular flexibility index (Phi) is 4.56. The van der Waals surface area contributed by atoms with Crippen LogP contribution in [0.1, 0.15) is 18.2 Å². The zero-order valence-corrected chi connectivity index (χ0v) is 16.0. The van der Waals surface area contributed by atoms with Crippen LogP contribution >= 0.6 is 0 Å². The third-order valence-corrected chi connectivity index (χ3v) is 5.66. The summed E-state index contributed by atoms with van der Waals surface area (Å²) in [6, 6.07) is 17.2. The van der Waals surface area contributed by atoms with Gasteiger partial charge in [0, 0.05) is 31.2 Å². The number of aromatic nitrogens is 2. The Morgan fingerprint density at radius 1 is 0.964 bits per heavy atom. The maximum Gasteiger partial charge on any atom is 0.205 e. The molecular formula is C20H18N4O3S. The summed E-state index contributed by atoms with van der Waals surface area (Å²) in [5.41, 5.74) is 1.77. The van der Waals surface area contributed by atoms with Gasteiger partial charge in [0.15, 0.2) is 9.84 Å². The number of rotatable bonds is 4. The summed E-state index contributed by atoms with van der Waals surface area (Å²) in [5, 5.41) is 10.7. The van der Waals surface area contributed by atoms with Crippen LogP contribution in [-0.4, -0.2) is 30.7 Å². The third kappa shape index (κ3) is 3.46. The number of hydrogen-bond donors (Lipinski definition) is 0. The molecule has 4 rings (SSSR count). The highest BCUT2D eigenvalue weighted by atomic mass is 32.2. The van der Waals surface area contributed by atoms with Crippen molar-refractivity contribution in [3.63, 3.8) is 0 Å². The molecule has 0 radical (unpaired) electrons. The Balaban J connectivity index is 1.71. The second-order valence-corrected chi connectivity index (χ2v) is 8.52. The summed E-state index contributed by atoms with van der Waals surface area (Å²) in [4.78, 5) is 12.7. The first-order chi connectivity index (χ1) is 13.4. The third-order valence-electron chi connectivity index (χ3n) is 4.53. The topological polar surface area (TPSA) is 84.6 Å². The maximum atomic E-state index is 12.5. The molecule has 1 atom stereocenters. The Bertz CT molecular complexity index is 1190. The van der Waals surface area contributed by atoms with Crippen LogP contribution in [0, 0.1) is 0 Å². The zero-order valence-electron chi connectivity index (χ0n) is 15.1. The fraction of sp³-hybridized carbons (Fsp3) is 0.150. The average molecular weight is 394 g/mol. The van der Waals surface area contributed by atoms with Gasteiger partial charge in [-0.3, -0.25) is 9.80 Å². The first kappa shape index (κ1) is 18.1. The van der Waals surface area contributed by atoms with E-state index in [4.69, 9.17) is 0 Å². The van der Waals surface area contributed by atoms with E-state index in [1.807, 2.05) is 30.3 Å². The summed E-state index contributed by atoms with van der Waals surface area (Å²) < 4.78 is 24.9. The Hall–Kier alpha value is -3.26. The minimum Gasteiger partial charge on any atom is -0.288 e. The molecule has 0 saturated heterocycles. The van der Waals surface area contributed by atoms with Gasteiger partial charge < -0.3 is 0 Å². The molecule has 1 aliphatic rings. The Morgan fingerprint density at radius 2 is 1.68 bits per heavy atom.